The maximum atomic E-state index is 12.1. The summed E-state index contributed by atoms with van der Waals surface area (Å²) in [6.45, 7) is 6.50. The van der Waals surface area contributed by atoms with E-state index in [1.54, 1.807) is 6.20 Å². The van der Waals surface area contributed by atoms with Gasteiger partial charge in [0.05, 0.1) is 12.2 Å². The second-order valence-electron chi connectivity index (χ2n) is 8.60. The number of hydrogen-bond donors (Lipinski definition) is 2. The maximum Gasteiger partial charge on any atom is 0.251 e. The number of anilines is 2. The number of ether oxygens (including phenoxy) is 1. The zero-order valence-corrected chi connectivity index (χ0v) is 18.3. The van der Waals surface area contributed by atoms with Crippen LogP contribution >= 0.6 is 0 Å². The van der Waals surface area contributed by atoms with Crippen LogP contribution in [0.2, 0.25) is 0 Å². The molecule has 0 bridgehead atoms. The number of nitrogens with two attached hydrogens (primary N) is 1. The highest BCUT2D eigenvalue weighted by atomic mass is 16.5. The van der Waals surface area contributed by atoms with Gasteiger partial charge < -0.3 is 20.7 Å². The van der Waals surface area contributed by atoms with E-state index in [0.29, 0.717) is 12.4 Å². The Kier molecular flexibility index (Phi) is 5.27. The van der Waals surface area contributed by atoms with Crippen molar-refractivity contribution in [2.45, 2.75) is 32.5 Å². The summed E-state index contributed by atoms with van der Waals surface area (Å²) >= 11 is 0. The first-order valence-electron chi connectivity index (χ1n) is 11.0. The highest BCUT2D eigenvalue weighted by molar-refractivity contribution is 5.97. The smallest absolute Gasteiger partial charge is 0.251 e. The lowest BCUT2D eigenvalue weighted by Gasteiger charge is -2.36. The zero-order valence-electron chi connectivity index (χ0n) is 18.3. The van der Waals surface area contributed by atoms with Crippen LogP contribution in [-0.2, 0) is 11.2 Å². The van der Waals surface area contributed by atoms with Crippen molar-refractivity contribution in [3.8, 4) is 22.3 Å². The number of carbonyl (C=O) groups is 1. The SMILES string of the molecule is C[C@@H]1CN(c2ccc(-c3cnc(N)c(-c4ccc5c(c4)CCNC5=O)c3)cn2)C[C@H](C)O1. The Morgan fingerprint density at radius 2 is 1.72 bits per heavy atom. The van der Waals surface area contributed by atoms with Crippen LogP contribution in [0.3, 0.4) is 0 Å². The fourth-order valence-electron chi connectivity index (χ4n) is 4.57. The minimum absolute atomic E-state index is 0.0205. The summed E-state index contributed by atoms with van der Waals surface area (Å²) in [4.78, 5) is 23.5. The van der Waals surface area contributed by atoms with Gasteiger partial charge in [0.15, 0.2) is 0 Å². The number of hydrogen-bond acceptors (Lipinski definition) is 6. The molecule has 7 nitrogen and oxygen atoms in total. The van der Waals surface area contributed by atoms with Gasteiger partial charge in [0, 0.05) is 54.3 Å². The average Bonchev–Trinajstić information content (AvgIpc) is 2.79. The quantitative estimate of drug-likeness (QED) is 0.664. The van der Waals surface area contributed by atoms with E-state index in [1.807, 2.05) is 36.5 Å². The third-order valence-corrected chi connectivity index (χ3v) is 6.08. The van der Waals surface area contributed by atoms with Crippen molar-refractivity contribution in [2.24, 2.45) is 0 Å². The van der Waals surface area contributed by atoms with Crippen molar-refractivity contribution >= 4 is 17.5 Å². The molecule has 3 aromatic rings. The summed E-state index contributed by atoms with van der Waals surface area (Å²) in [5.74, 6) is 1.40. The van der Waals surface area contributed by atoms with Gasteiger partial charge in [-0.15, -0.1) is 0 Å². The Hall–Kier alpha value is -3.45. The van der Waals surface area contributed by atoms with Crippen LogP contribution in [0.15, 0.2) is 48.8 Å². The number of nitrogen functional groups attached to an aromatic ring is 1. The number of nitrogens with one attached hydrogen (secondary N) is 1. The van der Waals surface area contributed by atoms with Gasteiger partial charge >= 0.3 is 0 Å². The Bertz CT molecular complexity index is 1150. The van der Waals surface area contributed by atoms with E-state index in [1.165, 1.54) is 0 Å². The minimum atomic E-state index is -0.0205. The molecule has 0 unspecified atom stereocenters. The number of amides is 1. The number of benzene rings is 1. The van der Waals surface area contributed by atoms with Crippen molar-refractivity contribution in [1.29, 1.82) is 0 Å². The fraction of sp³-hybridized carbons (Fsp3) is 0.320. The van der Waals surface area contributed by atoms with E-state index < -0.39 is 0 Å². The monoisotopic (exact) mass is 429 g/mol. The topological polar surface area (TPSA) is 93.4 Å². The Morgan fingerprint density at radius 3 is 2.47 bits per heavy atom. The van der Waals surface area contributed by atoms with Crippen LogP contribution in [0.4, 0.5) is 11.6 Å². The molecule has 5 rings (SSSR count). The van der Waals surface area contributed by atoms with Crippen LogP contribution < -0.4 is 16.0 Å². The Balaban J connectivity index is 1.43. The van der Waals surface area contributed by atoms with Crippen LogP contribution in [-0.4, -0.2) is 47.7 Å². The molecule has 0 radical (unpaired) electrons. The van der Waals surface area contributed by atoms with Gasteiger partial charge in [0.25, 0.3) is 5.91 Å². The van der Waals surface area contributed by atoms with Gasteiger partial charge in [0.1, 0.15) is 11.6 Å². The van der Waals surface area contributed by atoms with Crippen molar-refractivity contribution in [2.75, 3.05) is 30.3 Å². The standard InChI is InChI=1S/C25H27N5O2/c1-15-13-30(14-16(2)32-15)23-6-4-19(11-28-23)20-10-22(24(26)29-12-20)17-3-5-21-18(9-17)7-8-27-25(21)31/h3-6,9-12,15-16H,7-8,13-14H2,1-2H3,(H2,26,29)(H,27,31)/t15-,16+. The largest absolute Gasteiger partial charge is 0.383 e. The van der Waals surface area contributed by atoms with E-state index in [4.69, 9.17) is 15.5 Å². The van der Waals surface area contributed by atoms with Crippen LogP contribution in [0.25, 0.3) is 22.3 Å². The number of aromatic nitrogens is 2. The van der Waals surface area contributed by atoms with E-state index in [-0.39, 0.29) is 18.1 Å². The predicted octanol–water partition coefficient (Wildman–Crippen LogP) is 3.29. The highest BCUT2D eigenvalue weighted by Crippen LogP contribution is 2.32. The van der Waals surface area contributed by atoms with Gasteiger partial charge in [-0.05, 0) is 55.7 Å². The molecule has 0 saturated carbocycles. The van der Waals surface area contributed by atoms with Crippen molar-refractivity contribution in [1.82, 2.24) is 15.3 Å². The third kappa shape index (κ3) is 3.91. The Morgan fingerprint density at radius 1 is 0.969 bits per heavy atom. The van der Waals surface area contributed by atoms with Gasteiger partial charge in [-0.1, -0.05) is 12.1 Å². The molecule has 1 aromatic carbocycles. The predicted molar refractivity (Wildman–Crippen MR) is 126 cm³/mol. The lowest BCUT2D eigenvalue weighted by molar-refractivity contribution is -0.00545. The fourth-order valence-corrected chi connectivity index (χ4v) is 4.57. The lowest BCUT2D eigenvalue weighted by atomic mass is 9.94. The second-order valence-corrected chi connectivity index (χ2v) is 8.60. The summed E-state index contributed by atoms with van der Waals surface area (Å²) in [6, 6.07) is 12.0. The maximum absolute atomic E-state index is 12.1. The molecule has 2 aliphatic rings. The van der Waals surface area contributed by atoms with Crippen molar-refractivity contribution in [3.63, 3.8) is 0 Å². The van der Waals surface area contributed by atoms with Gasteiger partial charge in [-0.3, -0.25) is 4.79 Å². The molecule has 164 valence electrons. The summed E-state index contributed by atoms with van der Waals surface area (Å²) in [5.41, 5.74) is 11.7. The summed E-state index contributed by atoms with van der Waals surface area (Å²) < 4.78 is 5.83. The van der Waals surface area contributed by atoms with E-state index in [2.05, 4.69) is 35.1 Å². The summed E-state index contributed by atoms with van der Waals surface area (Å²) in [5, 5.41) is 2.88. The van der Waals surface area contributed by atoms with Crippen LogP contribution in [0, 0.1) is 0 Å². The number of morpholine rings is 1. The van der Waals surface area contributed by atoms with Gasteiger partial charge in [0.2, 0.25) is 0 Å². The molecular weight excluding hydrogens is 402 g/mol. The molecule has 0 aliphatic carbocycles. The zero-order chi connectivity index (χ0) is 22.2. The average molecular weight is 430 g/mol. The molecule has 2 aliphatic heterocycles. The summed E-state index contributed by atoms with van der Waals surface area (Å²) in [7, 11) is 0. The first kappa shape index (κ1) is 20.5. The molecule has 1 fully saturated rings. The molecule has 1 saturated heterocycles. The summed E-state index contributed by atoms with van der Waals surface area (Å²) in [6.07, 6.45) is 4.85. The van der Waals surface area contributed by atoms with Crippen LogP contribution in [0.5, 0.6) is 0 Å². The molecule has 2 atom stereocenters. The molecule has 7 heteroatoms. The van der Waals surface area contributed by atoms with Crippen LogP contribution in [0.1, 0.15) is 29.8 Å². The minimum Gasteiger partial charge on any atom is -0.383 e. The Labute approximate surface area is 187 Å². The first-order chi connectivity index (χ1) is 15.5. The van der Waals surface area contributed by atoms with Crippen molar-refractivity contribution in [3.05, 3.63) is 59.9 Å². The van der Waals surface area contributed by atoms with Gasteiger partial charge in [-0.25, -0.2) is 9.97 Å². The highest BCUT2D eigenvalue weighted by Gasteiger charge is 2.23. The molecule has 1 amide bonds. The first-order valence-corrected chi connectivity index (χ1v) is 11.0. The van der Waals surface area contributed by atoms with E-state index in [9.17, 15) is 4.79 Å². The molecule has 0 spiro atoms. The molecule has 32 heavy (non-hydrogen) atoms. The third-order valence-electron chi connectivity index (χ3n) is 6.08. The number of carbonyl (C=O) groups excluding carboxylic acids is 1. The normalized spacial score (nSPS) is 20.6. The molecular formula is C25H27N5O2. The number of pyridine rings is 2. The van der Waals surface area contributed by atoms with Crippen molar-refractivity contribution < 1.29 is 9.53 Å². The number of fused-ring (bicyclic) bond motifs is 1. The van der Waals surface area contributed by atoms with Gasteiger partial charge in [-0.2, -0.15) is 0 Å². The molecule has 4 heterocycles. The van der Waals surface area contributed by atoms with E-state index >= 15 is 0 Å². The lowest BCUT2D eigenvalue weighted by Crippen LogP contribution is -2.45. The number of nitrogens with zero attached hydrogens (tertiary/aromatic N) is 3. The molecule has 3 N–H and O–H groups in total. The second kappa shape index (κ2) is 8.24. The number of rotatable bonds is 3. The van der Waals surface area contributed by atoms with E-state index in [0.717, 1.165) is 58.7 Å². The molecule has 2 aromatic heterocycles.